The largest absolute Gasteiger partial charge is 0.469 e. The van der Waals surface area contributed by atoms with Crippen LogP contribution in [0.2, 0.25) is 0 Å². The second-order valence-electron chi connectivity index (χ2n) is 9.04. The Bertz CT molecular complexity index is 1180. The van der Waals surface area contributed by atoms with Crippen molar-refractivity contribution in [2.45, 2.75) is 44.6 Å². The highest BCUT2D eigenvalue weighted by Crippen LogP contribution is 2.58. The van der Waals surface area contributed by atoms with Gasteiger partial charge in [-0.1, -0.05) is 25.1 Å². The highest BCUT2D eigenvalue weighted by molar-refractivity contribution is 6.11. The van der Waals surface area contributed by atoms with Gasteiger partial charge in [-0.15, -0.1) is 0 Å². The van der Waals surface area contributed by atoms with Gasteiger partial charge in [-0.2, -0.15) is 0 Å². The van der Waals surface area contributed by atoms with E-state index in [2.05, 4.69) is 24.0 Å². The summed E-state index contributed by atoms with van der Waals surface area (Å²) in [6, 6.07) is 12.2. The molecule has 5 heteroatoms. The van der Waals surface area contributed by atoms with Crippen molar-refractivity contribution in [2.75, 3.05) is 7.11 Å². The van der Waals surface area contributed by atoms with Crippen LogP contribution in [0.15, 0.2) is 36.4 Å². The Kier molecular flexibility index (Phi) is 3.75. The van der Waals surface area contributed by atoms with Gasteiger partial charge in [0.2, 0.25) is 0 Å². The smallest absolute Gasteiger partial charge is 0.314 e. The predicted octanol–water partition coefficient (Wildman–Crippen LogP) is 4.12. The van der Waals surface area contributed by atoms with Gasteiger partial charge in [-0.05, 0) is 54.9 Å². The van der Waals surface area contributed by atoms with Gasteiger partial charge in [-0.3, -0.25) is 9.59 Å². The second kappa shape index (κ2) is 5.92. The number of para-hydroxylation sites is 1. The first-order valence-electron chi connectivity index (χ1n) is 10.2. The number of methoxy groups -OCH3 is 1. The van der Waals surface area contributed by atoms with Crippen molar-refractivity contribution in [1.29, 1.82) is 0 Å². The number of carbonyl (C=O) groups is 2. The van der Waals surface area contributed by atoms with Gasteiger partial charge >= 0.3 is 5.97 Å². The molecule has 0 radical (unpaired) electrons. The number of aromatic amines is 1. The molecule has 3 aromatic rings. The molecule has 0 bridgehead atoms. The molecule has 0 aliphatic heterocycles. The summed E-state index contributed by atoms with van der Waals surface area (Å²) in [5, 5.41) is 13.0. The number of carbonyl (C=O) groups excluding carboxylic acids is 2. The minimum absolute atomic E-state index is 0.0206. The maximum absolute atomic E-state index is 13.2. The highest BCUT2D eigenvalue weighted by atomic mass is 16.5. The van der Waals surface area contributed by atoms with Crippen LogP contribution < -0.4 is 0 Å². The van der Waals surface area contributed by atoms with Crippen LogP contribution >= 0.6 is 0 Å². The lowest BCUT2D eigenvalue weighted by Crippen LogP contribution is -2.59. The van der Waals surface area contributed by atoms with Gasteiger partial charge in [0.15, 0.2) is 5.78 Å². The average molecular weight is 391 g/mol. The second-order valence-corrected chi connectivity index (χ2v) is 9.04. The lowest BCUT2D eigenvalue weighted by atomic mass is 9.48. The molecular weight excluding hydrogens is 366 g/mol. The molecule has 1 fully saturated rings. The van der Waals surface area contributed by atoms with Crippen LogP contribution in [-0.4, -0.2) is 35.1 Å². The monoisotopic (exact) mass is 391 g/mol. The van der Waals surface area contributed by atoms with E-state index < -0.39 is 22.9 Å². The summed E-state index contributed by atoms with van der Waals surface area (Å²) in [5.74, 6) is -0.730. The minimum Gasteiger partial charge on any atom is -0.469 e. The van der Waals surface area contributed by atoms with Crippen LogP contribution in [0.25, 0.3) is 21.8 Å². The number of ether oxygens (including phenoxy) is 1. The van der Waals surface area contributed by atoms with Crippen molar-refractivity contribution in [1.82, 2.24) is 4.98 Å². The topological polar surface area (TPSA) is 79.4 Å². The summed E-state index contributed by atoms with van der Waals surface area (Å²) in [5.41, 5.74) is 2.20. The lowest BCUT2D eigenvalue weighted by molar-refractivity contribution is -0.174. The maximum Gasteiger partial charge on any atom is 0.314 e. The molecule has 150 valence electrons. The molecule has 29 heavy (non-hydrogen) atoms. The Hall–Kier alpha value is -2.66. The predicted molar refractivity (Wildman–Crippen MR) is 111 cm³/mol. The van der Waals surface area contributed by atoms with E-state index >= 15 is 0 Å². The number of rotatable bonds is 1. The molecule has 2 aliphatic rings. The van der Waals surface area contributed by atoms with Crippen molar-refractivity contribution in [3.63, 3.8) is 0 Å². The number of aliphatic hydroxyl groups is 1. The van der Waals surface area contributed by atoms with Crippen LogP contribution in [-0.2, 0) is 14.9 Å². The summed E-state index contributed by atoms with van der Waals surface area (Å²) >= 11 is 0. The van der Waals surface area contributed by atoms with Gasteiger partial charge in [0.1, 0.15) is 0 Å². The number of aromatic nitrogens is 1. The molecule has 4 unspecified atom stereocenters. The molecule has 5 nitrogen and oxygen atoms in total. The Labute approximate surface area is 169 Å². The summed E-state index contributed by atoms with van der Waals surface area (Å²) in [4.78, 5) is 29.4. The minimum atomic E-state index is -1.11. The van der Waals surface area contributed by atoms with Gasteiger partial charge in [0.25, 0.3) is 0 Å². The third-order valence-electron chi connectivity index (χ3n) is 7.70. The fourth-order valence-corrected chi connectivity index (χ4v) is 5.96. The molecular formula is C24H25NO4. The van der Waals surface area contributed by atoms with E-state index in [0.717, 1.165) is 39.4 Å². The van der Waals surface area contributed by atoms with Crippen molar-refractivity contribution in [2.24, 2.45) is 11.3 Å². The number of ketones is 1. The van der Waals surface area contributed by atoms with Gasteiger partial charge < -0.3 is 14.8 Å². The van der Waals surface area contributed by atoms with E-state index in [-0.39, 0.29) is 18.1 Å². The number of fused-ring (bicyclic) bond motifs is 6. The molecule has 1 heterocycles. The normalized spacial score (nSPS) is 31.5. The number of H-pyrrole nitrogens is 1. The van der Waals surface area contributed by atoms with Crippen LogP contribution in [0, 0.1) is 11.3 Å². The summed E-state index contributed by atoms with van der Waals surface area (Å²) in [7, 11) is 1.35. The van der Waals surface area contributed by atoms with E-state index in [1.54, 1.807) is 6.92 Å². The lowest BCUT2D eigenvalue weighted by Gasteiger charge is -2.55. The molecule has 0 saturated heterocycles. The summed E-state index contributed by atoms with van der Waals surface area (Å²) in [6.45, 7) is 3.89. The number of Topliss-reactive ketones (excluding diaryl/α,β-unsaturated/α-hetero) is 1. The quantitative estimate of drug-likeness (QED) is 0.612. The van der Waals surface area contributed by atoms with Crippen LogP contribution in [0.1, 0.15) is 49.0 Å². The molecule has 2 aromatic carbocycles. The first kappa shape index (κ1) is 18.4. The van der Waals surface area contributed by atoms with Crippen molar-refractivity contribution < 1.29 is 19.4 Å². The standard InChI is InChI=1S/C24H25NO4/c1-23-9-8-21(27)24(2,22(28)29-3)20(23)12-19(26)15-11-18-14(10-16(15)23)13-6-4-5-7-17(13)25-18/h4-7,10-11,20-21,25,27H,8-9,12H2,1-3H3. The van der Waals surface area contributed by atoms with Crippen molar-refractivity contribution in [3.8, 4) is 0 Å². The zero-order valence-corrected chi connectivity index (χ0v) is 16.9. The Morgan fingerprint density at radius 1 is 1.17 bits per heavy atom. The Balaban J connectivity index is 1.77. The number of aliphatic hydroxyl groups excluding tert-OH is 1. The van der Waals surface area contributed by atoms with Gasteiger partial charge in [0, 0.05) is 33.8 Å². The zero-order valence-electron chi connectivity index (χ0n) is 16.9. The van der Waals surface area contributed by atoms with E-state index in [1.165, 1.54) is 7.11 Å². The molecule has 0 spiro atoms. The van der Waals surface area contributed by atoms with E-state index in [9.17, 15) is 14.7 Å². The Morgan fingerprint density at radius 2 is 1.93 bits per heavy atom. The van der Waals surface area contributed by atoms with Crippen molar-refractivity contribution >= 4 is 33.6 Å². The summed E-state index contributed by atoms with van der Waals surface area (Å²) in [6.07, 6.45) is 0.634. The molecule has 0 amide bonds. The van der Waals surface area contributed by atoms with Gasteiger partial charge in [0.05, 0.1) is 18.6 Å². The fraction of sp³-hybridized carbons (Fsp3) is 0.417. The molecule has 5 rings (SSSR count). The van der Waals surface area contributed by atoms with E-state index in [1.807, 2.05) is 24.3 Å². The number of hydrogen-bond acceptors (Lipinski definition) is 4. The number of hydrogen-bond donors (Lipinski definition) is 2. The van der Waals surface area contributed by atoms with Crippen LogP contribution in [0.5, 0.6) is 0 Å². The third-order valence-corrected chi connectivity index (χ3v) is 7.70. The van der Waals surface area contributed by atoms with E-state index in [4.69, 9.17) is 4.74 Å². The number of nitrogens with one attached hydrogen (secondary N) is 1. The first-order chi connectivity index (χ1) is 13.8. The molecule has 4 atom stereocenters. The number of benzene rings is 2. The number of esters is 1. The highest BCUT2D eigenvalue weighted by Gasteiger charge is 2.61. The fourth-order valence-electron chi connectivity index (χ4n) is 5.96. The molecule has 1 aromatic heterocycles. The third kappa shape index (κ3) is 2.25. The van der Waals surface area contributed by atoms with E-state index in [0.29, 0.717) is 6.42 Å². The SMILES string of the molecule is COC(=O)C1(C)C(O)CCC2(C)c3cc4c(cc3C(=O)CC21)[nH]c1ccccc14. The molecule has 2 N–H and O–H groups in total. The van der Waals surface area contributed by atoms with Crippen LogP contribution in [0.3, 0.4) is 0 Å². The summed E-state index contributed by atoms with van der Waals surface area (Å²) < 4.78 is 5.08. The zero-order chi connectivity index (χ0) is 20.6. The molecule has 1 saturated carbocycles. The Morgan fingerprint density at radius 3 is 2.69 bits per heavy atom. The molecule has 2 aliphatic carbocycles. The van der Waals surface area contributed by atoms with Crippen LogP contribution in [0.4, 0.5) is 0 Å². The maximum atomic E-state index is 13.2. The van der Waals surface area contributed by atoms with Gasteiger partial charge in [-0.25, -0.2) is 0 Å². The average Bonchev–Trinajstić information content (AvgIpc) is 3.09. The van der Waals surface area contributed by atoms with Crippen molar-refractivity contribution in [3.05, 3.63) is 47.5 Å². The first-order valence-corrected chi connectivity index (χ1v) is 10.2.